The van der Waals surface area contributed by atoms with Crippen molar-refractivity contribution in [3.8, 4) is 0 Å². The van der Waals surface area contributed by atoms with Crippen molar-refractivity contribution in [3.05, 3.63) is 39.2 Å². The lowest BCUT2D eigenvalue weighted by atomic mass is 10.1. The number of aryl methyl sites for hydroxylation is 1. The van der Waals surface area contributed by atoms with Crippen molar-refractivity contribution >= 4 is 11.7 Å². The zero-order valence-corrected chi connectivity index (χ0v) is 8.82. The molecule has 16 heavy (non-hydrogen) atoms. The Morgan fingerprint density at radius 1 is 1.56 bits per heavy atom. The normalized spacial score (nSPS) is 9.94. The first-order valence-corrected chi connectivity index (χ1v) is 4.46. The van der Waals surface area contributed by atoms with E-state index in [1.54, 1.807) is 0 Å². The lowest BCUT2D eigenvalue weighted by molar-refractivity contribution is -0.385. The van der Waals surface area contributed by atoms with Gasteiger partial charge in [-0.25, -0.2) is 4.39 Å². The highest BCUT2D eigenvalue weighted by Crippen LogP contribution is 2.22. The van der Waals surface area contributed by atoms with E-state index in [2.05, 4.69) is 4.74 Å². The largest absolute Gasteiger partial charge is 0.469 e. The van der Waals surface area contributed by atoms with Crippen LogP contribution in [-0.2, 0) is 16.0 Å². The van der Waals surface area contributed by atoms with Gasteiger partial charge in [0.2, 0.25) is 0 Å². The molecule has 0 saturated heterocycles. The number of hydrogen-bond donors (Lipinski definition) is 0. The first-order chi connectivity index (χ1) is 7.45. The lowest BCUT2D eigenvalue weighted by Crippen LogP contribution is -2.07. The van der Waals surface area contributed by atoms with Crippen molar-refractivity contribution in [2.75, 3.05) is 7.11 Å². The van der Waals surface area contributed by atoms with Gasteiger partial charge in [0.1, 0.15) is 5.82 Å². The summed E-state index contributed by atoms with van der Waals surface area (Å²) in [6, 6.07) is 2.10. The molecule has 5 nitrogen and oxygen atoms in total. The Balaban J connectivity index is 3.10. The van der Waals surface area contributed by atoms with E-state index in [0.29, 0.717) is 5.56 Å². The molecular formula is C10H10FNO4. The minimum Gasteiger partial charge on any atom is -0.469 e. The predicted octanol–water partition coefficient (Wildman–Crippen LogP) is 1.76. The molecule has 0 N–H and O–H groups in total. The van der Waals surface area contributed by atoms with Crippen LogP contribution in [0.5, 0.6) is 0 Å². The molecule has 0 bridgehead atoms. The van der Waals surface area contributed by atoms with Crippen molar-refractivity contribution in [2.24, 2.45) is 0 Å². The number of benzene rings is 1. The molecule has 0 aromatic heterocycles. The van der Waals surface area contributed by atoms with E-state index in [9.17, 15) is 19.3 Å². The average molecular weight is 227 g/mol. The minimum atomic E-state index is -0.775. The van der Waals surface area contributed by atoms with Crippen molar-refractivity contribution in [2.45, 2.75) is 13.3 Å². The fourth-order valence-corrected chi connectivity index (χ4v) is 1.29. The highest BCUT2D eigenvalue weighted by molar-refractivity contribution is 5.72. The van der Waals surface area contributed by atoms with Crippen LogP contribution >= 0.6 is 0 Å². The van der Waals surface area contributed by atoms with Crippen LogP contribution in [0.25, 0.3) is 0 Å². The summed E-state index contributed by atoms with van der Waals surface area (Å²) in [5.74, 6) is -1.37. The summed E-state index contributed by atoms with van der Waals surface area (Å²) in [6.45, 7) is 1.48. The zero-order valence-electron chi connectivity index (χ0n) is 8.82. The zero-order chi connectivity index (χ0) is 12.3. The molecule has 1 aromatic carbocycles. The van der Waals surface area contributed by atoms with Crippen LogP contribution in [0.15, 0.2) is 12.1 Å². The molecule has 0 amide bonds. The van der Waals surface area contributed by atoms with Gasteiger partial charge >= 0.3 is 5.97 Å². The summed E-state index contributed by atoms with van der Waals surface area (Å²) >= 11 is 0. The van der Waals surface area contributed by atoms with E-state index in [4.69, 9.17) is 0 Å². The van der Waals surface area contributed by atoms with Gasteiger partial charge in [-0.1, -0.05) is 0 Å². The molecule has 86 valence electrons. The van der Waals surface area contributed by atoms with Gasteiger partial charge in [-0.15, -0.1) is 0 Å². The molecule has 0 heterocycles. The summed E-state index contributed by atoms with van der Waals surface area (Å²) in [6.07, 6.45) is -0.235. The first-order valence-electron chi connectivity index (χ1n) is 4.46. The SMILES string of the molecule is COC(=O)Cc1cc(C)c([N+](=O)[O-])cc1F. The molecule has 0 atom stereocenters. The van der Waals surface area contributed by atoms with E-state index >= 15 is 0 Å². The van der Waals surface area contributed by atoms with Crippen LogP contribution in [0.3, 0.4) is 0 Å². The second-order valence-corrected chi connectivity index (χ2v) is 3.24. The third kappa shape index (κ3) is 2.53. The number of carbonyl (C=O) groups is 1. The molecule has 0 radical (unpaired) electrons. The van der Waals surface area contributed by atoms with Gasteiger partial charge in [-0.2, -0.15) is 0 Å². The Labute approximate surface area is 91.0 Å². The van der Waals surface area contributed by atoms with Crippen LogP contribution in [-0.4, -0.2) is 18.0 Å². The van der Waals surface area contributed by atoms with Crippen molar-refractivity contribution in [1.29, 1.82) is 0 Å². The molecule has 0 aliphatic carbocycles. The second kappa shape index (κ2) is 4.69. The Kier molecular flexibility index (Phi) is 3.55. The van der Waals surface area contributed by atoms with Gasteiger partial charge < -0.3 is 4.74 Å². The standard InChI is InChI=1S/C10H10FNO4/c1-6-3-7(4-10(13)16-2)8(11)5-9(6)12(14)15/h3,5H,4H2,1-2H3. The van der Waals surface area contributed by atoms with Crippen LogP contribution < -0.4 is 0 Å². The highest BCUT2D eigenvalue weighted by atomic mass is 19.1. The maximum Gasteiger partial charge on any atom is 0.310 e. The molecular weight excluding hydrogens is 217 g/mol. The number of halogens is 1. The molecule has 0 spiro atoms. The summed E-state index contributed by atoms with van der Waals surface area (Å²) in [7, 11) is 1.19. The van der Waals surface area contributed by atoms with Crippen molar-refractivity contribution in [1.82, 2.24) is 0 Å². The predicted molar refractivity (Wildman–Crippen MR) is 53.5 cm³/mol. The number of carbonyl (C=O) groups excluding carboxylic acids is 1. The van der Waals surface area contributed by atoms with Gasteiger partial charge in [-0.3, -0.25) is 14.9 Å². The summed E-state index contributed by atoms with van der Waals surface area (Å²) < 4.78 is 17.8. The highest BCUT2D eigenvalue weighted by Gasteiger charge is 2.17. The summed E-state index contributed by atoms with van der Waals surface area (Å²) in [4.78, 5) is 20.8. The number of nitro groups is 1. The Hall–Kier alpha value is -1.98. The Bertz CT molecular complexity index is 445. The Morgan fingerprint density at radius 3 is 2.69 bits per heavy atom. The molecule has 1 rings (SSSR count). The van der Waals surface area contributed by atoms with Crippen LogP contribution in [0.4, 0.5) is 10.1 Å². The third-order valence-electron chi connectivity index (χ3n) is 2.12. The van der Waals surface area contributed by atoms with Gasteiger partial charge in [0.05, 0.1) is 24.5 Å². The van der Waals surface area contributed by atoms with Crippen LogP contribution in [0.1, 0.15) is 11.1 Å². The maximum absolute atomic E-state index is 13.4. The molecule has 6 heteroatoms. The molecule has 1 aromatic rings. The number of hydrogen-bond acceptors (Lipinski definition) is 4. The summed E-state index contributed by atoms with van der Waals surface area (Å²) in [5, 5.41) is 10.5. The number of nitrogens with zero attached hydrogens (tertiary/aromatic N) is 1. The van der Waals surface area contributed by atoms with Crippen LogP contribution in [0.2, 0.25) is 0 Å². The van der Waals surface area contributed by atoms with E-state index < -0.39 is 16.7 Å². The van der Waals surface area contributed by atoms with Gasteiger partial charge in [0, 0.05) is 5.56 Å². The van der Waals surface area contributed by atoms with Crippen molar-refractivity contribution < 1.29 is 18.8 Å². The van der Waals surface area contributed by atoms with E-state index in [1.165, 1.54) is 20.1 Å². The molecule has 0 aliphatic rings. The first kappa shape index (κ1) is 12.1. The maximum atomic E-state index is 13.4. The van der Waals surface area contributed by atoms with E-state index in [1.807, 2.05) is 0 Å². The van der Waals surface area contributed by atoms with Crippen molar-refractivity contribution in [3.63, 3.8) is 0 Å². The van der Waals surface area contributed by atoms with Gasteiger partial charge in [0.15, 0.2) is 0 Å². The fraction of sp³-hybridized carbons (Fsp3) is 0.300. The molecule has 0 fully saturated rings. The molecule has 0 saturated carbocycles. The van der Waals surface area contributed by atoms with Crippen LogP contribution in [0, 0.1) is 22.9 Å². The molecule has 0 aliphatic heterocycles. The number of nitro benzene ring substituents is 1. The number of ether oxygens (including phenoxy) is 1. The quantitative estimate of drug-likeness (QED) is 0.448. The fourth-order valence-electron chi connectivity index (χ4n) is 1.29. The Morgan fingerprint density at radius 2 is 2.19 bits per heavy atom. The second-order valence-electron chi connectivity index (χ2n) is 3.24. The van der Waals surface area contributed by atoms with E-state index in [-0.39, 0.29) is 17.7 Å². The lowest BCUT2D eigenvalue weighted by Gasteiger charge is -2.04. The third-order valence-corrected chi connectivity index (χ3v) is 2.12. The van der Waals surface area contributed by atoms with E-state index in [0.717, 1.165) is 6.07 Å². The number of rotatable bonds is 3. The van der Waals surface area contributed by atoms with Gasteiger partial charge in [0.25, 0.3) is 5.69 Å². The van der Waals surface area contributed by atoms with Gasteiger partial charge in [-0.05, 0) is 18.6 Å². The molecule has 0 unspecified atom stereocenters. The smallest absolute Gasteiger partial charge is 0.310 e. The number of methoxy groups -OCH3 is 1. The monoisotopic (exact) mass is 227 g/mol. The summed E-state index contributed by atoms with van der Waals surface area (Å²) in [5.41, 5.74) is 0.103. The minimum absolute atomic E-state index is 0.0925. The topological polar surface area (TPSA) is 69.4 Å². The average Bonchev–Trinajstić information content (AvgIpc) is 2.22. The number of esters is 1.